The van der Waals surface area contributed by atoms with Crippen LogP contribution in [0.3, 0.4) is 0 Å². The van der Waals surface area contributed by atoms with Gasteiger partial charge in [-0.3, -0.25) is 0 Å². The lowest BCUT2D eigenvalue weighted by molar-refractivity contribution is 0.373. The molecule has 0 fully saturated rings. The summed E-state index contributed by atoms with van der Waals surface area (Å²) in [5.74, 6) is 0.583. The number of aliphatic hydroxyl groups excluding tert-OH is 1. The topological polar surface area (TPSA) is 49.7 Å². The molecule has 70 valence electrons. The van der Waals surface area contributed by atoms with Gasteiger partial charge in [-0.25, -0.2) is 0 Å². The molecule has 0 aliphatic carbocycles. The molecule has 13 heavy (non-hydrogen) atoms. The number of methoxy groups -OCH3 is 1. The zero-order chi connectivity index (χ0) is 9.84. The number of ether oxygens (including phenoxy) is 1. The van der Waals surface area contributed by atoms with Crippen molar-refractivity contribution in [1.82, 2.24) is 0 Å². The molecule has 0 unspecified atom stereocenters. The molecule has 0 saturated heterocycles. The average molecular weight is 180 g/mol. The first-order valence-electron chi connectivity index (χ1n) is 3.91. The van der Waals surface area contributed by atoms with Crippen LogP contribution in [-0.2, 0) is 0 Å². The van der Waals surface area contributed by atoms with Crippen LogP contribution in [0.5, 0.6) is 11.5 Å². The number of aliphatic hydroxyl groups is 1. The van der Waals surface area contributed by atoms with E-state index in [0.29, 0.717) is 11.3 Å². The van der Waals surface area contributed by atoms with Crippen LogP contribution in [0, 0.1) is 0 Å². The van der Waals surface area contributed by atoms with Gasteiger partial charge in [0, 0.05) is 5.56 Å². The van der Waals surface area contributed by atoms with Crippen molar-refractivity contribution in [1.29, 1.82) is 0 Å². The Kier molecular flexibility index (Phi) is 2.80. The van der Waals surface area contributed by atoms with Gasteiger partial charge in [-0.1, -0.05) is 0 Å². The standard InChI is InChI=1S/C10H12O3/c1-3-8(11)7-4-5-9(12)10(6-7)13-2/h3-6,11-12H,1-2H3. The number of aromatic hydroxyl groups is 1. The number of phenolic OH excluding ortho intramolecular Hbond substituents is 1. The Hall–Kier alpha value is -1.64. The number of hydrogen-bond acceptors (Lipinski definition) is 3. The van der Waals surface area contributed by atoms with Crippen molar-refractivity contribution in [3.8, 4) is 11.5 Å². The van der Waals surface area contributed by atoms with Gasteiger partial charge in [0.15, 0.2) is 11.5 Å². The lowest BCUT2D eigenvalue weighted by Gasteiger charge is -2.05. The second-order valence-corrected chi connectivity index (χ2v) is 2.56. The highest BCUT2D eigenvalue weighted by Crippen LogP contribution is 2.28. The zero-order valence-corrected chi connectivity index (χ0v) is 7.61. The van der Waals surface area contributed by atoms with E-state index in [2.05, 4.69) is 0 Å². The first-order valence-corrected chi connectivity index (χ1v) is 3.91. The van der Waals surface area contributed by atoms with Gasteiger partial charge in [0.25, 0.3) is 0 Å². The number of benzene rings is 1. The Labute approximate surface area is 76.9 Å². The van der Waals surface area contributed by atoms with Crippen molar-refractivity contribution < 1.29 is 14.9 Å². The van der Waals surface area contributed by atoms with E-state index in [1.165, 1.54) is 13.2 Å². The van der Waals surface area contributed by atoms with E-state index in [-0.39, 0.29) is 11.5 Å². The highest BCUT2D eigenvalue weighted by atomic mass is 16.5. The van der Waals surface area contributed by atoms with E-state index < -0.39 is 0 Å². The van der Waals surface area contributed by atoms with Crippen LogP contribution in [0.25, 0.3) is 5.76 Å². The lowest BCUT2D eigenvalue weighted by Crippen LogP contribution is -1.87. The van der Waals surface area contributed by atoms with Crippen LogP contribution in [0.1, 0.15) is 12.5 Å². The van der Waals surface area contributed by atoms with Crippen LogP contribution in [0.2, 0.25) is 0 Å². The summed E-state index contributed by atoms with van der Waals surface area (Å²) < 4.78 is 4.89. The molecule has 1 rings (SSSR count). The van der Waals surface area contributed by atoms with Gasteiger partial charge >= 0.3 is 0 Å². The highest BCUT2D eigenvalue weighted by molar-refractivity contribution is 5.61. The third-order valence-electron chi connectivity index (χ3n) is 1.75. The van der Waals surface area contributed by atoms with E-state index in [9.17, 15) is 10.2 Å². The summed E-state index contributed by atoms with van der Waals surface area (Å²) in [5, 5.41) is 18.6. The van der Waals surface area contributed by atoms with E-state index in [4.69, 9.17) is 4.74 Å². The molecule has 0 aliphatic rings. The molecule has 2 N–H and O–H groups in total. The summed E-state index contributed by atoms with van der Waals surface area (Å²) in [6.45, 7) is 1.73. The monoisotopic (exact) mass is 180 g/mol. The zero-order valence-electron chi connectivity index (χ0n) is 7.61. The third-order valence-corrected chi connectivity index (χ3v) is 1.75. The van der Waals surface area contributed by atoms with Gasteiger partial charge < -0.3 is 14.9 Å². The second kappa shape index (κ2) is 3.85. The quantitative estimate of drug-likeness (QED) is 0.686. The Morgan fingerprint density at radius 2 is 2.15 bits per heavy atom. The summed E-state index contributed by atoms with van der Waals surface area (Å²) in [6, 6.07) is 4.67. The van der Waals surface area contributed by atoms with Gasteiger partial charge in [0.2, 0.25) is 0 Å². The van der Waals surface area contributed by atoms with Crippen LogP contribution >= 0.6 is 0 Å². The van der Waals surface area contributed by atoms with Gasteiger partial charge in [0.1, 0.15) is 5.76 Å². The maximum Gasteiger partial charge on any atom is 0.161 e. The molecule has 3 nitrogen and oxygen atoms in total. The van der Waals surface area contributed by atoms with Gasteiger partial charge in [-0.2, -0.15) is 0 Å². The first kappa shape index (κ1) is 9.45. The van der Waals surface area contributed by atoms with Gasteiger partial charge in [0.05, 0.1) is 7.11 Å². The van der Waals surface area contributed by atoms with Crippen molar-refractivity contribution in [2.24, 2.45) is 0 Å². The number of hydrogen-bond donors (Lipinski definition) is 2. The SMILES string of the molecule is CC=C(O)c1ccc(O)c(OC)c1. The number of rotatable bonds is 2. The minimum Gasteiger partial charge on any atom is -0.508 e. The minimum atomic E-state index is 0.0650. The molecule has 0 atom stereocenters. The predicted octanol–water partition coefficient (Wildman–Crippen LogP) is 2.32. The molecule has 3 heteroatoms. The molecule has 1 aromatic carbocycles. The number of phenols is 1. The van der Waals surface area contributed by atoms with E-state index in [1.807, 2.05) is 0 Å². The Bertz CT molecular complexity index is 329. The third kappa shape index (κ3) is 1.93. The largest absolute Gasteiger partial charge is 0.508 e. The fourth-order valence-corrected chi connectivity index (χ4v) is 1.00. The van der Waals surface area contributed by atoms with Crippen LogP contribution in [0.4, 0.5) is 0 Å². The van der Waals surface area contributed by atoms with Crippen LogP contribution in [-0.4, -0.2) is 17.3 Å². The molecule has 0 amide bonds. The summed E-state index contributed by atoms with van der Waals surface area (Å²) in [7, 11) is 1.46. The smallest absolute Gasteiger partial charge is 0.161 e. The van der Waals surface area contributed by atoms with Gasteiger partial charge in [-0.05, 0) is 31.2 Å². The first-order chi connectivity index (χ1) is 6.19. The molecular formula is C10H12O3. The molecule has 1 aromatic rings. The lowest BCUT2D eigenvalue weighted by atomic mass is 10.1. The molecule has 0 saturated carbocycles. The minimum absolute atomic E-state index is 0.0650. The Morgan fingerprint density at radius 3 is 2.69 bits per heavy atom. The molecule has 0 radical (unpaired) electrons. The van der Waals surface area contributed by atoms with Crippen molar-refractivity contribution >= 4 is 5.76 Å². The van der Waals surface area contributed by atoms with Crippen molar-refractivity contribution in [2.75, 3.05) is 7.11 Å². The summed E-state index contributed by atoms with van der Waals surface area (Å²) in [5.41, 5.74) is 0.622. The molecule has 0 bridgehead atoms. The molecule has 0 aromatic heterocycles. The van der Waals surface area contributed by atoms with Crippen molar-refractivity contribution in [2.45, 2.75) is 6.92 Å². The fourth-order valence-electron chi connectivity index (χ4n) is 1.00. The fraction of sp³-hybridized carbons (Fsp3) is 0.200. The van der Waals surface area contributed by atoms with Crippen LogP contribution in [0.15, 0.2) is 24.3 Å². The second-order valence-electron chi connectivity index (χ2n) is 2.56. The average Bonchev–Trinajstić information content (AvgIpc) is 2.17. The number of allylic oxidation sites excluding steroid dienone is 1. The maximum atomic E-state index is 9.36. The van der Waals surface area contributed by atoms with E-state index in [1.54, 1.807) is 25.1 Å². The predicted molar refractivity (Wildman–Crippen MR) is 50.9 cm³/mol. The summed E-state index contributed by atoms with van der Waals surface area (Å²) >= 11 is 0. The van der Waals surface area contributed by atoms with E-state index in [0.717, 1.165) is 0 Å². The van der Waals surface area contributed by atoms with Crippen molar-refractivity contribution in [3.63, 3.8) is 0 Å². The normalized spacial score (nSPS) is 11.4. The summed E-state index contributed by atoms with van der Waals surface area (Å²) in [6.07, 6.45) is 1.58. The maximum absolute atomic E-state index is 9.36. The van der Waals surface area contributed by atoms with Gasteiger partial charge in [-0.15, -0.1) is 0 Å². The molecular weight excluding hydrogens is 168 g/mol. The Balaban J connectivity index is 3.13. The van der Waals surface area contributed by atoms with Crippen LogP contribution < -0.4 is 4.74 Å². The van der Waals surface area contributed by atoms with Crippen molar-refractivity contribution in [3.05, 3.63) is 29.8 Å². The Morgan fingerprint density at radius 1 is 1.46 bits per heavy atom. The molecule has 0 heterocycles. The molecule has 0 spiro atoms. The highest BCUT2D eigenvalue weighted by Gasteiger charge is 2.04. The van der Waals surface area contributed by atoms with E-state index >= 15 is 0 Å². The molecule has 0 aliphatic heterocycles. The summed E-state index contributed by atoms with van der Waals surface area (Å²) in [4.78, 5) is 0.